The van der Waals surface area contributed by atoms with Crippen LogP contribution in [0.15, 0.2) is 12.1 Å². The Morgan fingerprint density at radius 1 is 1.22 bits per heavy atom. The van der Waals surface area contributed by atoms with Crippen molar-refractivity contribution in [3.63, 3.8) is 0 Å². The second kappa shape index (κ2) is 5.96. The number of hydrogen-bond donors (Lipinski definition) is 0. The topological polar surface area (TPSA) is 30.9 Å². The molecule has 0 unspecified atom stereocenters. The van der Waals surface area contributed by atoms with Crippen LogP contribution in [0.3, 0.4) is 0 Å². The number of fused-ring (bicyclic) bond motifs is 1. The molecule has 0 atom stereocenters. The van der Waals surface area contributed by atoms with E-state index in [0.29, 0.717) is 13.4 Å². The van der Waals surface area contributed by atoms with Crippen LogP contribution < -0.4 is 14.2 Å². The van der Waals surface area contributed by atoms with Crippen LogP contribution in [0, 0.1) is 0 Å². The molecule has 4 heteroatoms. The van der Waals surface area contributed by atoms with Crippen LogP contribution in [0.2, 0.25) is 0 Å². The van der Waals surface area contributed by atoms with E-state index in [4.69, 9.17) is 14.2 Å². The van der Waals surface area contributed by atoms with Crippen molar-refractivity contribution in [3.8, 4) is 17.2 Å². The highest BCUT2D eigenvalue weighted by molar-refractivity contribution is 5.51. The summed E-state index contributed by atoms with van der Waals surface area (Å²) in [5.74, 6) is 2.54. The number of nitrogens with zero attached hydrogens (tertiary/aromatic N) is 1. The van der Waals surface area contributed by atoms with Gasteiger partial charge in [0.2, 0.25) is 6.79 Å². The molecule has 4 nitrogen and oxygen atoms in total. The molecule has 1 aromatic carbocycles. The summed E-state index contributed by atoms with van der Waals surface area (Å²) in [6.07, 6.45) is 2.09. The first kappa shape index (κ1) is 13.0. The summed E-state index contributed by atoms with van der Waals surface area (Å²) in [4.78, 5) is 2.19. The summed E-state index contributed by atoms with van der Waals surface area (Å²) >= 11 is 0. The molecule has 0 amide bonds. The van der Waals surface area contributed by atoms with E-state index in [1.54, 1.807) is 0 Å². The van der Waals surface area contributed by atoms with Gasteiger partial charge in [0.15, 0.2) is 11.5 Å². The van der Waals surface area contributed by atoms with Gasteiger partial charge >= 0.3 is 0 Å². The molecular weight excluding hydrogens is 230 g/mol. The van der Waals surface area contributed by atoms with E-state index in [1.165, 1.54) is 5.56 Å². The van der Waals surface area contributed by atoms with Gasteiger partial charge in [0.25, 0.3) is 0 Å². The van der Waals surface area contributed by atoms with Crippen molar-refractivity contribution in [1.82, 2.24) is 4.90 Å². The maximum atomic E-state index is 5.67. The van der Waals surface area contributed by atoms with E-state index in [9.17, 15) is 0 Å². The standard InChI is InChI=1S/C14H21NO3/c1-4-16-12-9-14-13(17-10-18-14)8-11(12)6-5-7-15(2)3/h8-9H,4-7,10H2,1-3H3. The third-order valence-corrected chi connectivity index (χ3v) is 2.91. The van der Waals surface area contributed by atoms with E-state index >= 15 is 0 Å². The molecule has 0 aromatic heterocycles. The highest BCUT2D eigenvalue weighted by Gasteiger charge is 2.17. The van der Waals surface area contributed by atoms with Crippen molar-refractivity contribution >= 4 is 0 Å². The molecule has 1 aromatic rings. The lowest BCUT2D eigenvalue weighted by atomic mass is 10.1. The molecule has 0 bridgehead atoms. The van der Waals surface area contributed by atoms with Gasteiger partial charge in [0, 0.05) is 6.07 Å². The third kappa shape index (κ3) is 3.07. The molecular formula is C14H21NO3. The van der Waals surface area contributed by atoms with Gasteiger partial charge in [-0.25, -0.2) is 0 Å². The highest BCUT2D eigenvalue weighted by atomic mass is 16.7. The Balaban J connectivity index is 2.11. The Labute approximate surface area is 108 Å². The fourth-order valence-electron chi connectivity index (χ4n) is 2.04. The number of rotatable bonds is 6. The predicted octanol–water partition coefficient (Wildman–Crippen LogP) is 2.31. The monoisotopic (exact) mass is 251 g/mol. The summed E-state index contributed by atoms with van der Waals surface area (Å²) < 4.78 is 16.5. The van der Waals surface area contributed by atoms with Crippen molar-refractivity contribution in [2.24, 2.45) is 0 Å². The Hall–Kier alpha value is -1.42. The molecule has 0 saturated carbocycles. The number of ether oxygens (including phenoxy) is 3. The lowest BCUT2D eigenvalue weighted by Gasteiger charge is -2.13. The minimum atomic E-state index is 0.308. The Kier molecular flexibility index (Phi) is 4.31. The molecule has 100 valence electrons. The summed E-state index contributed by atoms with van der Waals surface area (Å²) in [5, 5.41) is 0. The maximum absolute atomic E-state index is 5.67. The van der Waals surface area contributed by atoms with Crippen molar-refractivity contribution in [2.45, 2.75) is 19.8 Å². The average molecular weight is 251 g/mol. The molecule has 0 N–H and O–H groups in total. The van der Waals surface area contributed by atoms with Crippen LogP contribution in [-0.4, -0.2) is 38.9 Å². The third-order valence-electron chi connectivity index (χ3n) is 2.91. The van der Waals surface area contributed by atoms with Gasteiger partial charge in [-0.05, 0) is 52.0 Å². The van der Waals surface area contributed by atoms with E-state index in [2.05, 4.69) is 19.0 Å². The largest absolute Gasteiger partial charge is 0.493 e. The molecule has 0 saturated heterocycles. The summed E-state index contributed by atoms with van der Waals surface area (Å²) in [6, 6.07) is 3.99. The van der Waals surface area contributed by atoms with Gasteiger partial charge < -0.3 is 19.1 Å². The fraction of sp³-hybridized carbons (Fsp3) is 0.571. The van der Waals surface area contributed by atoms with Gasteiger partial charge in [0.1, 0.15) is 5.75 Å². The highest BCUT2D eigenvalue weighted by Crippen LogP contribution is 2.38. The summed E-state index contributed by atoms with van der Waals surface area (Å²) in [6.45, 7) is 4.04. The zero-order valence-corrected chi connectivity index (χ0v) is 11.4. The molecule has 0 radical (unpaired) electrons. The smallest absolute Gasteiger partial charge is 0.231 e. The number of hydrogen-bond acceptors (Lipinski definition) is 4. The molecule has 18 heavy (non-hydrogen) atoms. The first-order valence-corrected chi connectivity index (χ1v) is 6.40. The van der Waals surface area contributed by atoms with Crippen LogP contribution in [0.25, 0.3) is 0 Å². The molecule has 0 spiro atoms. The van der Waals surface area contributed by atoms with Gasteiger partial charge in [-0.2, -0.15) is 0 Å². The van der Waals surface area contributed by atoms with Crippen LogP contribution in [0.4, 0.5) is 0 Å². The molecule has 1 heterocycles. The van der Waals surface area contributed by atoms with Crippen LogP contribution >= 0.6 is 0 Å². The quantitative estimate of drug-likeness (QED) is 0.776. The molecule has 0 aliphatic carbocycles. The SMILES string of the molecule is CCOc1cc2c(cc1CCCN(C)C)OCO2. The fourth-order valence-corrected chi connectivity index (χ4v) is 2.04. The Morgan fingerprint density at radius 3 is 2.61 bits per heavy atom. The number of benzene rings is 1. The van der Waals surface area contributed by atoms with Crippen molar-refractivity contribution in [2.75, 3.05) is 34.0 Å². The maximum Gasteiger partial charge on any atom is 0.231 e. The first-order valence-electron chi connectivity index (χ1n) is 6.40. The van der Waals surface area contributed by atoms with E-state index in [1.807, 2.05) is 19.1 Å². The van der Waals surface area contributed by atoms with E-state index in [0.717, 1.165) is 36.6 Å². The minimum absolute atomic E-state index is 0.308. The van der Waals surface area contributed by atoms with Gasteiger partial charge in [-0.15, -0.1) is 0 Å². The number of aryl methyl sites for hydroxylation is 1. The van der Waals surface area contributed by atoms with Gasteiger partial charge in [-0.1, -0.05) is 0 Å². The summed E-state index contributed by atoms with van der Waals surface area (Å²) in [7, 11) is 4.17. The average Bonchev–Trinajstić information content (AvgIpc) is 2.76. The van der Waals surface area contributed by atoms with Crippen molar-refractivity contribution in [1.29, 1.82) is 0 Å². The van der Waals surface area contributed by atoms with Crippen LogP contribution in [0.5, 0.6) is 17.2 Å². The van der Waals surface area contributed by atoms with Crippen molar-refractivity contribution < 1.29 is 14.2 Å². The predicted molar refractivity (Wildman–Crippen MR) is 70.6 cm³/mol. The first-order chi connectivity index (χ1) is 8.70. The van der Waals surface area contributed by atoms with E-state index in [-0.39, 0.29) is 0 Å². The zero-order valence-electron chi connectivity index (χ0n) is 11.4. The minimum Gasteiger partial charge on any atom is -0.493 e. The summed E-state index contributed by atoms with van der Waals surface area (Å²) in [5.41, 5.74) is 1.20. The normalized spacial score (nSPS) is 13.1. The van der Waals surface area contributed by atoms with E-state index < -0.39 is 0 Å². The van der Waals surface area contributed by atoms with Gasteiger partial charge in [-0.3, -0.25) is 0 Å². The molecule has 2 rings (SSSR count). The van der Waals surface area contributed by atoms with Crippen molar-refractivity contribution in [3.05, 3.63) is 17.7 Å². The molecule has 1 aliphatic rings. The lowest BCUT2D eigenvalue weighted by molar-refractivity contribution is 0.173. The van der Waals surface area contributed by atoms with Crippen LogP contribution in [-0.2, 0) is 6.42 Å². The second-order valence-corrected chi connectivity index (χ2v) is 4.65. The Bertz CT molecular complexity index is 404. The molecule has 1 aliphatic heterocycles. The second-order valence-electron chi connectivity index (χ2n) is 4.65. The Morgan fingerprint density at radius 2 is 1.94 bits per heavy atom. The van der Waals surface area contributed by atoms with Crippen LogP contribution in [0.1, 0.15) is 18.9 Å². The molecule has 0 fully saturated rings. The van der Waals surface area contributed by atoms with Gasteiger partial charge in [0.05, 0.1) is 6.61 Å². The zero-order chi connectivity index (χ0) is 13.0. The lowest BCUT2D eigenvalue weighted by Crippen LogP contribution is -2.13.